The average Bonchev–Trinajstić information content (AvgIpc) is 3.55. The molecule has 150 valence electrons. The van der Waals surface area contributed by atoms with E-state index in [-0.39, 0.29) is 17.9 Å². The number of amides is 2. The molecule has 1 aliphatic carbocycles. The zero-order valence-corrected chi connectivity index (χ0v) is 16.3. The molecule has 6 heteroatoms. The van der Waals surface area contributed by atoms with Crippen LogP contribution in [-0.4, -0.2) is 31.6 Å². The van der Waals surface area contributed by atoms with Gasteiger partial charge in [-0.15, -0.1) is 0 Å². The topological polar surface area (TPSA) is 76.7 Å². The number of hydrogen-bond acceptors (Lipinski definition) is 4. The van der Waals surface area contributed by atoms with Gasteiger partial charge in [0, 0.05) is 23.4 Å². The van der Waals surface area contributed by atoms with Gasteiger partial charge in [-0.2, -0.15) is 0 Å². The molecule has 0 bridgehead atoms. The van der Waals surface area contributed by atoms with Crippen LogP contribution in [0, 0.1) is 0 Å². The number of rotatable bonds is 9. The zero-order chi connectivity index (χ0) is 20.6. The normalized spacial score (nSPS) is 13.0. The molecular formula is C23H24N2O4. The van der Waals surface area contributed by atoms with Crippen LogP contribution in [-0.2, 0) is 4.79 Å². The Labute approximate surface area is 170 Å². The van der Waals surface area contributed by atoms with Gasteiger partial charge >= 0.3 is 0 Å². The molecule has 6 nitrogen and oxygen atoms in total. The van der Waals surface area contributed by atoms with Crippen molar-refractivity contribution in [3.05, 3.63) is 72.3 Å². The van der Waals surface area contributed by atoms with Crippen LogP contribution in [0.25, 0.3) is 6.08 Å². The minimum absolute atomic E-state index is 0.120. The van der Waals surface area contributed by atoms with Gasteiger partial charge in [0.1, 0.15) is 6.61 Å². The SMILES string of the molecule is C=CCOc1ccc(/C=C/C(=O)Nc2cccc(C(=O)NC3CC3)c2)cc1OC. The number of benzene rings is 2. The number of nitrogens with one attached hydrogen (secondary N) is 2. The van der Waals surface area contributed by atoms with Gasteiger partial charge in [-0.1, -0.05) is 24.8 Å². The molecule has 0 atom stereocenters. The maximum absolute atomic E-state index is 12.3. The number of carbonyl (C=O) groups is 2. The summed E-state index contributed by atoms with van der Waals surface area (Å²) in [5.74, 6) is 0.764. The van der Waals surface area contributed by atoms with Gasteiger partial charge in [-0.3, -0.25) is 9.59 Å². The van der Waals surface area contributed by atoms with Gasteiger partial charge < -0.3 is 20.1 Å². The van der Waals surface area contributed by atoms with E-state index in [0.717, 1.165) is 18.4 Å². The summed E-state index contributed by atoms with van der Waals surface area (Å²) in [5.41, 5.74) is 1.88. The number of carbonyl (C=O) groups excluding carboxylic acids is 2. The van der Waals surface area contributed by atoms with E-state index >= 15 is 0 Å². The Morgan fingerprint density at radius 2 is 2.00 bits per heavy atom. The van der Waals surface area contributed by atoms with Crippen LogP contribution in [0.2, 0.25) is 0 Å². The summed E-state index contributed by atoms with van der Waals surface area (Å²) in [6.07, 6.45) is 6.81. The largest absolute Gasteiger partial charge is 0.493 e. The van der Waals surface area contributed by atoms with Crippen molar-refractivity contribution in [3.63, 3.8) is 0 Å². The van der Waals surface area contributed by atoms with E-state index in [1.54, 1.807) is 55.7 Å². The van der Waals surface area contributed by atoms with Gasteiger partial charge in [0.15, 0.2) is 11.5 Å². The van der Waals surface area contributed by atoms with Crippen LogP contribution < -0.4 is 20.1 Å². The Bertz CT molecular complexity index is 932. The van der Waals surface area contributed by atoms with Crippen LogP contribution >= 0.6 is 0 Å². The predicted molar refractivity (Wildman–Crippen MR) is 113 cm³/mol. The lowest BCUT2D eigenvalue weighted by molar-refractivity contribution is -0.111. The van der Waals surface area contributed by atoms with E-state index in [2.05, 4.69) is 17.2 Å². The lowest BCUT2D eigenvalue weighted by Gasteiger charge is -2.09. The predicted octanol–water partition coefficient (Wildman–Crippen LogP) is 3.80. The molecule has 29 heavy (non-hydrogen) atoms. The summed E-state index contributed by atoms with van der Waals surface area (Å²) in [6.45, 7) is 4.00. The molecule has 3 rings (SSSR count). The number of ether oxygens (including phenoxy) is 2. The zero-order valence-electron chi connectivity index (χ0n) is 16.3. The van der Waals surface area contributed by atoms with Gasteiger partial charge in [0.25, 0.3) is 5.91 Å². The molecule has 0 aliphatic heterocycles. The molecule has 2 aromatic rings. The van der Waals surface area contributed by atoms with Gasteiger partial charge in [0.2, 0.25) is 5.91 Å². The third-order valence-corrected chi connectivity index (χ3v) is 4.28. The van der Waals surface area contributed by atoms with Crippen molar-refractivity contribution >= 4 is 23.6 Å². The molecule has 0 spiro atoms. The minimum Gasteiger partial charge on any atom is -0.493 e. The second-order valence-electron chi connectivity index (χ2n) is 6.66. The standard InChI is InChI=1S/C23H24N2O4/c1-3-13-29-20-11-7-16(14-21(20)28-2)8-12-22(26)24-19-6-4-5-17(15-19)23(27)25-18-9-10-18/h3-8,11-12,14-15,18H,1,9-10,13H2,2H3,(H,24,26)(H,25,27)/b12-8+. The molecule has 0 saturated heterocycles. The van der Waals surface area contributed by atoms with Crippen LogP contribution in [0.4, 0.5) is 5.69 Å². The van der Waals surface area contributed by atoms with Crippen LogP contribution in [0.1, 0.15) is 28.8 Å². The quantitative estimate of drug-likeness (QED) is 0.503. The summed E-state index contributed by atoms with van der Waals surface area (Å²) < 4.78 is 10.8. The van der Waals surface area contributed by atoms with Crippen LogP contribution in [0.3, 0.4) is 0 Å². The minimum atomic E-state index is -0.296. The van der Waals surface area contributed by atoms with Crippen LogP contribution in [0.15, 0.2) is 61.2 Å². The highest BCUT2D eigenvalue weighted by Crippen LogP contribution is 2.28. The molecule has 1 fully saturated rings. The molecule has 0 radical (unpaired) electrons. The Morgan fingerprint density at radius 1 is 1.17 bits per heavy atom. The van der Waals surface area contributed by atoms with Crippen molar-refractivity contribution in [2.24, 2.45) is 0 Å². The maximum atomic E-state index is 12.3. The lowest BCUT2D eigenvalue weighted by Crippen LogP contribution is -2.25. The fourth-order valence-electron chi connectivity index (χ4n) is 2.65. The summed E-state index contributed by atoms with van der Waals surface area (Å²) in [7, 11) is 1.56. The number of hydrogen-bond donors (Lipinski definition) is 2. The van der Waals surface area contributed by atoms with Gasteiger partial charge in [-0.05, 0) is 54.8 Å². The molecule has 2 aromatic carbocycles. The van der Waals surface area contributed by atoms with Crippen molar-refractivity contribution in [3.8, 4) is 11.5 Å². The van der Waals surface area contributed by atoms with Crippen LogP contribution in [0.5, 0.6) is 11.5 Å². The molecular weight excluding hydrogens is 368 g/mol. The van der Waals surface area contributed by atoms with Crippen molar-refractivity contribution in [1.29, 1.82) is 0 Å². The Hall–Kier alpha value is -3.54. The third-order valence-electron chi connectivity index (χ3n) is 4.28. The van der Waals surface area contributed by atoms with E-state index in [1.807, 2.05) is 6.07 Å². The first-order chi connectivity index (χ1) is 14.1. The molecule has 0 heterocycles. The average molecular weight is 392 g/mol. The van der Waals surface area contributed by atoms with Gasteiger partial charge in [-0.25, -0.2) is 0 Å². The first kappa shape index (κ1) is 20.2. The summed E-state index contributed by atoms with van der Waals surface area (Å²) in [6, 6.07) is 12.6. The molecule has 2 amide bonds. The Balaban J connectivity index is 1.62. The third kappa shape index (κ3) is 5.97. The van der Waals surface area contributed by atoms with Crippen molar-refractivity contribution < 1.29 is 19.1 Å². The molecule has 2 N–H and O–H groups in total. The molecule has 1 saturated carbocycles. The fraction of sp³-hybridized carbons (Fsp3) is 0.217. The molecule has 0 unspecified atom stereocenters. The highest BCUT2D eigenvalue weighted by atomic mass is 16.5. The van der Waals surface area contributed by atoms with E-state index < -0.39 is 0 Å². The number of methoxy groups -OCH3 is 1. The lowest BCUT2D eigenvalue weighted by atomic mass is 10.1. The highest BCUT2D eigenvalue weighted by Gasteiger charge is 2.23. The fourth-order valence-corrected chi connectivity index (χ4v) is 2.65. The summed E-state index contributed by atoms with van der Waals surface area (Å²) in [4.78, 5) is 24.4. The molecule has 1 aliphatic rings. The summed E-state index contributed by atoms with van der Waals surface area (Å²) >= 11 is 0. The van der Waals surface area contributed by atoms with E-state index in [1.165, 1.54) is 6.08 Å². The van der Waals surface area contributed by atoms with Gasteiger partial charge in [0.05, 0.1) is 7.11 Å². The second kappa shape index (κ2) is 9.59. The highest BCUT2D eigenvalue weighted by molar-refractivity contribution is 6.03. The van der Waals surface area contributed by atoms with Crippen molar-refractivity contribution in [2.75, 3.05) is 19.0 Å². The first-order valence-corrected chi connectivity index (χ1v) is 9.41. The Morgan fingerprint density at radius 3 is 2.72 bits per heavy atom. The van der Waals surface area contributed by atoms with E-state index in [9.17, 15) is 9.59 Å². The second-order valence-corrected chi connectivity index (χ2v) is 6.66. The first-order valence-electron chi connectivity index (χ1n) is 9.41. The Kier molecular flexibility index (Phi) is 6.68. The monoisotopic (exact) mass is 392 g/mol. The maximum Gasteiger partial charge on any atom is 0.251 e. The molecule has 0 aromatic heterocycles. The number of anilines is 1. The van der Waals surface area contributed by atoms with Crippen molar-refractivity contribution in [2.45, 2.75) is 18.9 Å². The van der Waals surface area contributed by atoms with Crippen molar-refractivity contribution in [1.82, 2.24) is 5.32 Å². The van der Waals surface area contributed by atoms with E-state index in [4.69, 9.17) is 9.47 Å². The summed E-state index contributed by atoms with van der Waals surface area (Å²) in [5, 5.41) is 5.70. The smallest absolute Gasteiger partial charge is 0.251 e. The van der Waals surface area contributed by atoms with E-state index in [0.29, 0.717) is 29.4 Å².